The highest BCUT2D eigenvalue weighted by Gasteiger charge is 2.44. The van der Waals surface area contributed by atoms with Crippen LogP contribution in [0.5, 0.6) is 0 Å². The Bertz CT molecular complexity index is 1690. The van der Waals surface area contributed by atoms with Crippen LogP contribution in [-0.2, 0) is 22.5 Å². The predicted molar refractivity (Wildman–Crippen MR) is 188 cm³/mol. The van der Waals surface area contributed by atoms with Gasteiger partial charge in [0.25, 0.3) is 0 Å². The van der Waals surface area contributed by atoms with E-state index < -0.39 is 22.4 Å². The standard InChI is InChI=1S/C40H40F2N4OS/c1-3-13-29-24-44-39(45-25-29)38(46(28(2)47)27-30-22-34(41)20-21-36(30)42)37-23-35(26-43-37)48-40(31-14-7-4-8-15-31,32-16-9-5-10-17-32)33-18-11-6-12-19-33/h4-12,14-22,24-25,35,37-38,43H,3,13,23,26-27H2,1-2H3/t35-,37+,38?/m1/s1. The van der Waals surface area contributed by atoms with Crippen LogP contribution in [-0.4, -0.2) is 38.6 Å². The minimum Gasteiger partial charge on any atom is -0.327 e. The average molecular weight is 663 g/mol. The lowest BCUT2D eigenvalue weighted by molar-refractivity contribution is -0.133. The zero-order valence-corrected chi connectivity index (χ0v) is 28.0. The molecule has 4 aromatic carbocycles. The van der Waals surface area contributed by atoms with Gasteiger partial charge in [-0.3, -0.25) is 4.79 Å². The van der Waals surface area contributed by atoms with Gasteiger partial charge < -0.3 is 10.2 Å². The molecule has 3 atom stereocenters. The molecule has 8 heteroatoms. The van der Waals surface area contributed by atoms with Gasteiger partial charge in [0.1, 0.15) is 17.7 Å². The maximum Gasteiger partial charge on any atom is 0.220 e. The van der Waals surface area contributed by atoms with E-state index in [0.29, 0.717) is 18.8 Å². The largest absolute Gasteiger partial charge is 0.327 e. The van der Waals surface area contributed by atoms with Crippen LogP contribution in [0.3, 0.4) is 0 Å². The molecule has 2 heterocycles. The molecule has 1 unspecified atom stereocenters. The Hall–Kier alpha value is -4.40. The topological polar surface area (TPSA) is 58.1 Å². The summed E-state index contributed by atoms with van der Waals surface area (Å²) in [6.45, 7) is 4.13. The first-order chi connectivity index (χ1) is 23.4. The average Bonchev–Trinajstić information content (AvgIpc) is 3.58. The van der Waals surface area contributed by atoms with Gasteiger partial charge in [-0.15, -0.1) is 11.8 Å². The van der Waals surface area contributed by atoms with E-state index in [1.807, 2.05) is 42.4 Å². The molecule has 0 bridgehead atoms. The summed E-state index contributed by atoms with van der Waals surface area (Å²) in [5.41, 5.74) is 4.65. The first-order valence-corrected chi connectivity index (χ1v) is 17.4. The van der Waals surface area contributed by atoms with Crippen LogP contribution in [0.15, 0.2) is 122 Å². The Kier molecular flexibility index (Phi) is 10.6. The van der Waals surface area contributed by atoms with E-state index in [1.54, 1.807) is 4.90 Å². The molecule has 1 aliphatic heterocycles. The highest BCUT2D eigenvalue weighted by Crippen LogP contribution is 2.52. The number of hydrogen-bond acceptors (Lipinski definition) is 5. The minimum atomic E-state index is -0.606. The fraction of sp³-hybridized carbons (Fsp3) is 0.275. The lowest BCUT2D eigenvalue weighted by atomic mass is 9.84. The molecule has 5 aromatic rings. The number of carbonyl (C=O) groups excluding carboxylic acids is 1. The molecule has 1 fully saturated rings. The van der Waals surface area contributed by atoms with Crippen LogP contribution in [0.4, 0.5) is 8.78 Å². The number of halogens is 2. The smallest absolute Gasteiger partial charge is 0.220 e. The number of aryl methyl sites for hydroxylation is 1. The van der Waals surface area contributed by atoms with E-state index in [2.05, 4.69) is 85.0 Å². The van der Waals surface area contributed by atoms with Crippen molar-refractivity contribution in [2.45, 2.75) is 61.7 Å². The van der Waals surface area contributed by atoms with Gasteiger partial charge >= 0.3 is 0 Å². The van der Waals surface area contributed by atoms with Gasteiger partial charge in [-0.1, -0.05) is 104 Å². The minimum absolute atomic E-state index is 0.109. The van der Waals surface area contributed by atoms with Crippen LogP contribution < -0.4 is 5.32 Å². The number of carbonyl (C=O) groups is 1. The number of rotatable bonds is 12. The molecule has 0 radical (unpaired) electrons. The molecule has 0 aliphatic carbocycles. The van der Waals surface area contributed by atoms with E-state index in [-0.39, 0.29) is 29.3 Å². The SMILES string of the molecule is CCCc1cnc(C([C@@H]2C[C@@H](SC(c3ccccc3)(c3ccccc3)c3ccccc3)CN2)N(Cc2cc(F)ccc2F)C(C)=O)nc1. The first-order valence-electron chi connectivity index (χ1n) is 16.5. The second-order valence-corrected chi connectivity index (χ2v) is 13.8. The van der Waals surface area contributed by atoms with Gasteiger partial charge in [0.05, 0.1) is 4.75 Å². The monoisotopic (exact) mass is 662 g/mol. The van der Waals surface area contributed by atoms with E-state index in [1.165, 1.54) is 23.6 Å². The Balaban J connectivity index is 1.39. The summed E-state index contributed by atoms with van der Waals surface area (Å²) < 4.78 is 28.7. The van der Waals surface area contributed by atoms with Crippen molar-refractivity contribution in [2.75, 3.05) is 6.54 Å². The number of amides is 1. The van der Waals surface area contributed by atoms with Crippen LogP contribution in [0, 0.1) is 11.6 Å². The lowest BCUT2D eigenvalue weighted by Crippen LogP contribution is -2.44. The lowest BCUT2D eigenvalue weighted by Gasteiger charge is -2.38. The van der Waals surface area contributed by atoms with E-state index in [4.69, 9.17) is 9.97 Å². The maximum absolute atomic E-state index is 15.0. The van der Waals surface area contributed by atoms with Gasteiger partial charge in [-0.25, -0.2) is 18.7 Å². The third-order valence-electron chi connectivity index (χ3n) is 9.01. The van der Waals surface area contributed by atoms with Crippen molar-refractivity contribution in [3.63, 3.8) is 0 Å². The Morgan fingerprint density at radius 3 is 1.98 bits per heavy atom. The highest BCUT2D eigenvalue weighted by molar-refractivity contribution is 8.01. The van der Waals surface area contributed by atoms with Gasteiger partial charge in [0, 0.05) is 49.3 Å². The summed E-state index contributed by atoms with van der Waals surface area (Å²) in [6, 6.07) is 34.2. The van der Waals surface area contributed by atoms with Crippen molar-refractivity contribution in [3.8, 4) is 0 Å². The van der Waals surface area contributed by atoms with Crippen LogP contribution in [0.1, 0.15) is 66.4 Å². The Labute approximate surface area is 285 Å². The molecule has 246 valence electrons. The van der Waals surface area contributed by atoms with Crippen LogP contribution >= 0.6 is 11.8 Å². The zero-order chi connectivity index (χ0) is 33.5. The summed E-state index contributed by atoms with van der Waals surface area (Å²) in [5, 5.41) is 3.83. The quantitative estimate of drug-likeness (QED) is 0.136. The number of aromatic nitrogens is 2. The number of benzene rings is 4. The van der Waals surface area contributed by atoms with Crippen LogP contribution in [0.25, 0.3) is 0 Å². The number of nitrogens with one attached hydrogen (secondary N) is 1. The predicted octanol–water partition coefficient (Wildman–Crippen LogP) is 8.25. The summed E-state index contributed by atoms with van der Waals surface area (Å²) in [6.07, 6.45) is 6.12. The van der Waals surface area contributed by atoms with Gasteiger partial charge in [0.2, 0.25) is 5.91 Å². The molecule has 0 spiro atoms. The van der Waals surface area contributed by atoms with Crippen molar-refractivity contribution in [2.24, 2.45) is 0 Å². The van der Waals surface area contributed by atoms with E-state index in [9.17, 15) is 13.6 Å². The molecular formula is C40H40F2N4OS. The summed E-state index contributed by atoms with van der Waals surface area (Å²) in [5.74, 6) is -0.909. The van der Waals surface area contributed by atoms with Crippen LogP contribution in [0.2, 0.25) is 0 Å². The molecule has 6 rings (SSSR count). The molecule has 5 nitrogen and oxygen atoms in total. The molecule has 1 saturated heterocycles. The van der Waals surface area contributed by atoms with Crippen molar-refractivity contribution in [3.05, 3.63) is 167 Å². The zero-order valence-electron chi connectivity index (χ0n) is 27.2. The summed E-state index contributed by atoms with van der Waals surface area (Å²) in [4.78, 5) is 24.5. The molecule has 0 saturated carbocycles. The molecule has 48 heavy (non-hydrogen) atoms. The van der Waals surface area contributed by atoms with Gasteiger partial charge in [0.15, 0.2) is 5.82 Å². The van der Waals surface area contributed by atoms with E-state index in [0.717, 1.165) is 36.6 Å². The number of hydrogen-bond donors (Lipinski definition) is 1. The van der Waals surface area contributed by atoms with Gasteiger partial charge in [-0.2, -0.15) is 0 Å². The number of thioether (sulfide) groups is 1. The molecule has 1 amide bonds. The molecule has 1 aromatic heterocycles. The molecular weight excluding hydrogens is 623 g/mol. The normalized spacial score (nSPS) is 16.8. The fourth-order valence-electron chi connectivity index (χ4n) is 6.76. The molecule has 1 aliphatic rings. The molecule has 1 N–H and O–H groups in total. The summed E-state index contributed by atoms with van der Waals surface area (Å²) in [7, 11) is 0. The summed E-state index contributed by atoms with van der Waals surface area (Å²) >= 11 is 1.90. The Morgan fingerprint density at radius 2 is 1.46 bits per heavy atom. The number of nitrogens with zero attached hydrogens (tertiary/aromatic N) is 3. The highest BCUT2D eigenvalue weighted by atomic mass is 32.2. The third-order valence-corrected chi connectivity index (χ3v) is 10.8. The third kappa shape index (κ3) is 7.20. The second kappa shape index (κ2) is 15.2. The maximum atomic E-state index is 15.0. The van der Waals surface area contributed by atoms with Crippen molar-refractivity contribution < 1.29 is 13.6 Å². The first kappa shape index (κ1) is 33.5. The second-order valence-electron chi connectivity index (χ2n) is 12.3. The van der Waals surface area contributed by atoms with Crippen molar-refractivity contribution >= 4 is 17.7 Å². The fourth-order valence-corrected chi connectivity index (χ4v) is 8.56. The van der Waals surface area contributed by atoms with E-state index >= 15 is 0 Å². The van der Waals surface area contributed by atoms with Crippen molar-refractivity contribution in [1.82, 2.24) is 20.2 Å². The Morgan fingerprint density at radius 1 is 0.896 bits per heavy atom. The van der Waals surface area contributed by atoms with Crippen molar-refractivity contribution in [1.29, 1.82) is 0 Å². The van der Waals surface area contributed by atoms with Gasteiger partial charge in [-0.05, 0) is 53.3 Å².